The van der Waals surface area contributed by atoms with Crippen LogP contribution >= 0.6 is 0 Å². The maximum absolute atomic E-state index is 5.23. The minimum absolute atomic E-state index is 0.721. The van der Waals surface area contributed by atoms with E-state index in [-0.39, 0.29) is 0 Å². The van der Waals surface area contributed by atoms with Crippen molar-refractivity contribution in [2.75, 3.05) is 20.3 Å². The molecule has 2 heteroatoms. The van der Waals surface area contributed by atoms with Crippen LogP contribution in [0, 0.1) is 5.92 Å². The lowest BCUT2D eigenvalue weighted by Crippen LogP contribution is -2.52. The smallest absolute Gasteiger partial charge is 0.0645 e. The Hall–Kier alpha value is -0.0800. The highest BCUT2D eigenvalue weighted by atomic mass is 16.5. The molecule has 2 nitrogen and oxygen atoms in total. The predicted octanol–water partition coefficient (Wildman–Crippen LogP) is 1.90. The van der Waals surface area contributed by atoms with Crippen LogP contribution in [-0.2, 0) is 4.74 Å². The van der Waals surface area contributed by atoms with Crippen molar-refractivity contribution in [2.45, 2.75) is 44.7 Å². The van der Waals surface area contributed by atoms with Crippen molar-refractivity contribution in [3.63, 3.8) is 0 Å². The van der Waals surface area contributed by atoms with Crippen LogP contribution < -0.4 is 0 Å². The van der Waals surface area contributed by atoms with Gasteiger partial charge in [-0.1, -0.05) is 6.92 Å². The summed E-state index contributed by atoms with van der Waals surface area (Å²) in [6.45, 7) is 4.30. The van der Waals surface area contributed by atoms with E-state index in [0.29, 0.717) is 0 Å². The van der Waals surface area contributed by atoms with E-state index in [1.165, 1.54) is 25.7 Å². The molecule has 0 bridgehead atoms. The Morgan fingerprint density at radius 3 is 2.08 bits per heavy atom. The molecular formula is C11H21NO. The molecule has 0 radical (unpaired) electrons. The molecule has 0 spiro atoms. The second-order valence-corrected chi connectivity index (χ2v) is 4.77. The zero-order chi connectivity index (χ0) is 9.26. The fraction of sp³-hybridized carbons (Fsp3) is 1.00. The molecule has 0 N–H and O–H groups in total. The normalized spacial score (nSPS) is 36.2. The molecule has 2 rings (SSSR count). The van der Waals surface area contributed by atoms with Gasteiger partial charge in [-0.05, 0) is 38.6 Å². The van der Waals surface area contributed by atoms with Crippen molar-refractivity contribution in [3.8, 4) is 0 Å². The summed E-state index contributed by atoms with van der Waals surface area (Å²) in [5.41, 5.74) is 0. The number of ether oxygens (including phenoxy) is 1. The first-order valence-corrected chi connectivity index (χ1v) is 5.57. The average molecular weight is 183 g/mol. The van der Waals surface area contributed by atoms with Crippen LogP contribution in [0.5, 0.6) is 0 Å². The minimum Gasteiger partial charge on any atom is -0.378 e. The van der Waals surface area contributed by atoms with E-state index in [0.717, 1.165) is 31.2 Å². The van der Waals surface area contributed by atoms with Gasteiger partial charge in [0.15, 0.2) is 0 Å². The fourth-order valence-electron chi connectivity index (χ4n) is 2.41. The molecule has 76 valence electrons. The summed E-state index contributed by atoms with van der Waals surface area (Å²) in [7, 11) is 2.27. The van der Waals surface area contributed by atoms with E-state index in [9.17, 15) is 0 Å². The molecule has 2 aliphatic rings. The largest absolute Gasteiger partial charge is 0.378 e. The van der Waals surface area contributed by atoms with Gasteiger partial charge in [-0.2, -0.15) is 0 Å². The number of hydrogen-bond acceptors (Lipinski definition) is 2. The van der Waals surface area contributed by atoms with Gasteiger partial charge in [-0.15, -0.1) is 0 Å². The van der Waals surface area contributed by atoms with Crippen molar-refractivity contribution < 1.29 is 4.74 Å². The first-order valence-electron chi connectivity index (χ1n) is 5.57. The Bertz CT molecular complexity index is 159. The van der Waals surface area contributed by atoms with E-state index in [1.807, 2.05) is 0 Å². The van der Waals surface area contributed by atoms with Crippen LogP contribution in [-0.4, -0.2) is 37.2 Å². The standard InChI is InChI=1S/C11H21NO/c1-9-3-5-10(6-4-9)12(2)11-7-13-8-11/h9-11H,3-8H2,1-2H3/t9-,10+. The first kappa shape index (κ1) is 9.47. The molecule has 1 aliphatic heterocycles. The maximum atomic E-state index is 5.23. The second kappa shape index (κ2) is 3.97. The van der Waals surface area contributed by atoms with Gasteiger partial charge < -0.3 is 4.74 Å². The summed E-state index contributed by atoms with van der Waals surface area (Å²) in [4.78, 5) is 2.55. The molecule has 13 heavy (non-hydrogen) atoms. The van der Waals surface area contributed by atoms with Gasteiger partial charge in [0.2, 0.25) is 0 Å². The Balaban J connectivity index is 1.79. The van der Waals surface area contributed by atoms with E-state index < -0.39 is 0 Å². The Morgan fingerprint density at radius 2 is 1.62 bits per heavy atom. The van der Waals surface area contributed by atoms with Crippen molar-refractivity contribution in [1.82, 2.24) is 4.90 Å². The van der Waals surface area contributed by atoms with Gasteiger partial charge in [-0.3, -0.25) is 4.90 Å². The van der Waals surface area contributed by atoms with Crippen LogP contribution in [0.2, 0.25) is 0 Å². The molecule has 1 saturated heterocycles. The van der Waals surface area contributed by atoms with Gasteiger partial charge >= 0.3 is 0 Å². The van der Waals surface area contributed by atoms with Gasteiger partial charge in [0.05, 0.1) is 19.3 Å². The van der Waals surface area contributed by atoms with Crippen molar-refractivity contribution in [1.29, 1.82) is 0 Å². The molecule has 1 aliphatic carbocycles. The zero-order valence-corrected chi connectivity index (χ0v) is 8.83. The molecule has 0 atom stereocenters. The summed E-state index contributed by atoms with van der Waals surface area (Å²) in [6.07, 6.45) is 5.63. The third kappa shape index (κ3) is 2.05. The van der Waals surface area contributed by atoms with Gasteiger partial charge in [0.25, 0.3) is 0 Å². The topological polar surface area (TPSA) is 12.5 Å². The van der Waals surface area contributed by atoms with Crippen LogP contribution in [0.25, 0.3) is 0 Å². The molecule has 1 heterocycles. The summed E-state index contributed by atoms with van der Waals surface area (Å²) in [5, 5.41) is 0. The molecule has 0 aromatic rings. The van der Waals surface area contributed by atoms with Crippen molar-refractivity contribution >= 4 is 0 Å². The van der Waals surface area contributed by atoms with E-state index in [1.54, 1.807) is 0 Å². The van der Waals surface area contributed by atoms with E-state index in [4.69, 9.17) is 4.74 Å². The van der Waals surface area contributed by atoms with Crippen LogP contribution in [0.1, 0.15) is 32.6 Å². The lowest BCUT2D eigenvalue weighted by Gasteiger charge is -2.42. The highest BCUT2D eigenvalue weighted by Crippen LogP contribution is 2.28. The maximum Gasteiger partial charge on any atom is 0.0645 e. The molecule has 1 saturated carbocycles. The number of nitrogens with zero attached hydrogens (tertiary/aromatic N) is 1. The summed E-state index contributed by atoms with van der Waals surface area (Å²) in [5.74, 6) is 0.960. The van der Waals surface area contributed by atoms with Crippen LogP contribution in [0.15, 0.2) is 0 Å². The van der Waals surface area contributed by atoms with Crippen molar-refractivity contribution in [2.24, 2.45) is 5.92 Å². The lowest BCUT2D eigenvalue weighted by molar-refractivity contribution is -0.0746. The molecule has 0 aromatic heterocycles. The summed E-state index contributed by atoms with van der Waals surface area (Å²) >= 11 is 0. The molecule has 2 fully saturated rings. The Labute approximate surface area is 81.3 Å². The molecular weight excluding hydrogens is 162 g/mol. The number of likely N-dealkylation sites (N-methyl/N-ethyl adjacent to an activating group) is 1. The van der Waals surface area contributed by atoms with Gasteiger partial charge in [-0.25, -0.2) is 0 Å². The van der Waals surface area contributed by atoms with Crippen LogP contribution in [0.4, 0.5) is 0 Å². The SMILES string of the molecule is CN(C1COC1)[C@H]1CC[C@@H](C)CC1. The lowest BCUT2D eigenvalue weighted by atomic mass is 9.86. The highest BCUT2D eigenvalue weighted by Gasteiger charge is 2.30. The number of hydrogen-bond donors (Lipinski definition) is 0. The number of rotatable bonds is 2. The molecule has 0 aromatic carbocycles. The molecule has 0 unspecified atom stereocenters. The van der Waals surface area contributed by atoms with Crippen LogP contribution in [0.3, 0.4) is 0 Å². The quantitative estimate of drug-likeness (QED) is 0.648. The third-order valence-corrected chi connectivity index (χ3v) is 3.76. The minimum atomic E-state index is 0.721. The fourth-order valence-corrected chi connectivity index (χ4v) is 2.41. The summed E-state index contributed by atoms with van der Waals surface area (Å²) < 4.78 is 5.23. The monoisotopic (exact) mass is 183 g/mol. The summed E-state index contributed by atoms with van der Waals surface area (Å²) in [6, 6.07) is 1.56. The zero-order valence-electron chi connectivity index (χ0n) is 8.83. The predicted molar refractivity (Wildman–Crippen MR) is 53.8 cm³/mol. The Kier molecular flexibility index (Phi) is 2.89. The second-order valence-electron chi connectivity index (χ2n) is 4.77. The van der Waals surface area contributed by atoms with Gasteiger partial charge in [0, 0.05) is 6.04 Å². The highest BCUT2D eigenvalue weighted by molar-refractivity contribution is 4.83. The molecule has 0 amide bonds. The average Bonchev–Trinajstić information content (AvgIpc) is 2.02. The van der Waals surface area contributed by atoms with Gasteiger partial charge in [0.1, 0.15) is 0 Å². The third-order valence-electron chi connectivity index (χ3n) is 3.76. The van der Waals surface area contributed by atoms with E-state index >= 15 is 0 Å². The first-order chi connectivity index (χ1) is 6.27. The van der Waals surface area contributed by atoms with E-state index in [2.05, 4.69) is 18.9 Å². The van der Waals surface area contributed by atoms with Crippen molar-refractivity contribution in [3.05, 3.63) is 0 Å². The Morgan fingerprint density at radius 1 is 1.00 bits per heavy atom.